The normalized spacial score (nSPS) is 27.2. The zero-order valence-corrected chi connectivity index (χ0v) is 11.3. The van der Waals surface area contributed by atoms with Gasteiger partial charge in [0.05, 0.1) is 28.2 Å². The van der Waals surface area contributed by atoms with Crippen molar-refractivity contribution >= 4 is 28.6 Å². The van der Waals surface area contributed by atoms with Crippen molar-refractivity contribution in [3.8, 4) is 0 Å². The molecule has 1 saturated heterocycles. The number of nitrogen functional groups attached to an aromatic ring is 1. The summed E-state index contributed by atoms with van der Waals surface area (Å²) in [6, 6.07) is 6.03. The number of imidazole rings is 1. The first-order valence-electron chi connectivity index (χ1n) is 6.79. The van der Waals surface area contributed by atoms with Gasteiger partial charge in [0.1, 0.15) is 0 Å². The molecule has 1 aromatic heterocycles. The number of aromatic nitrogens is 2. The average molecular weight is 278 g/mol. The summed E-state index contributed by atoms with van der Waals surface area (Å²) in [5, 5.41) is 0.711. The molecule has 2 fully saturated rings. The predicted octanol–water partition coefficient (Wildman–Crippen LogP) is 3.01. The minimum Gasteiger partial charge on any atom is -0.376 e. The molecule has 5 heteroatoms. The molecule has 100 valence electrons. The first-order chi connectivity index (χ1) is 9.25. The predicted molar refractivity (Wildman–Crippen MR) is 75.3 cm³/mol. The highest BCUT2D eigenvalue weighted by atomic mass is 35.5. The van der Waals surface area contributed by atoms with Crippen LogP contribution in [0.2, 0.25) is 5.02 Å². The number of ether oxygens (including phenoxy) is 1. The third kappa shape index (κ3) is 1.74. The molecule has 19 heavy (non-hydrogen) atoms. The number of hydrogen-bond acceptors (Lipinski definition) is 3. The van der Waals surface area contributed by atoms with E-state index in [0.29, 0.717) is 16.9 Å². The maximum atomic E-state index is 6.34. The van der Waals surface area contributed by atoms with Crippen LogP contribution in [0.15, 0.2) is 18.2 Å². The molecular weight excluding hydrogens is 262 g/mol. The quantitative estimate of drug-likeness (QED) is 0.918. The molecule has 1 saturated carbocycles. The van der Waals surface area contributed by atoms with E-state index in [1.54, 1.807) is 0 Å². The van der Waals surface area contributed by atoms with Crippen LogP contribution in [0.4, 0.5) is 5.95 Å². The molecule has 4 nitrogen and oxygen atoms in total. The van der Waals surface area contributed by atoms with Gasteiger partial charge in [-0.25, -0.2) is 4.98 Å². The molecule has 2 heterocycles. The molecule has 1 aliphatic heterocycles. The summed E-state index contributed by atoms with van der Waals surface area (Å²) in [5.74, 6) is 1.23. The van der Waals surface area contributed by atoms with E-state index in [0.717, 1.165) is 24.1 Å². The Bertz CT molecular complexity index is 635. The van der Waals surface area contributed by atoms with Gasteiger partial charge in [-0.2, -0.15) is 0 Å². The highest BCUT2D eigenvalue weighted by molar-refractivity contribution is 6.35. The van der Waals surface area contributed by atoms with Crippen LogP contribution in [0.1, 0.15) is 25.3 Å². The summed E-state index contributed by atoms with van der Waals surface area (Å²) in [6.07, 6.45) is 3.79. The lowest BCUT2D eigenvalue weighted by Gasteiger charge is -2.21. The van der Waals surface area contributed by atoms with Gasteiger partial charge < -0.3 is 15.0 Å². The van der Waals surface area contributed by atoms with Crippen LogP contribution in [0.5, 0.6) is 0 Å². The Morgan fingerprint density at radius 2 is 2.16 bits per heavy atom. The molecule has 0 radical (unpaired) electrons. The number of benzene rings is 1. The summed E-state index contributed by atoms with van der Waals surface area (Å²) in [5.41, 5.74) is 7.94. The fourth-order valence-corrected chi connectivity index (χ4v) is 3.47. The first-order valence-corrected chi connectivity index (χ1v) is 7.17. The summed E-state index contributed by atoms with van der Waals surface area (Å²) in [4.78, 5) is 4.43. The molecule has 2 aromatic rings. The minimum atomic E-state index is 0.274. The number of anilines is 1. The molecule has 0 spiro atoms. The van der Waals surface area contributed by atoms with Gasteiger partial charge in [0.2, 0.25) is 5.95 Å². The zero-order chi connectivity index (χ0) is 13.0. The van der Waals surface area contributed by atoms with Crippen molar-refractivity contribution in [1.29, 1.82) is 0 Å². The second-order valence-corrected chi connectivity index (χ2v) is 5.88. The zero-order valence-electron chi connectivity index (χ0n) is 10.6. The lowest BCUT2D eigenvalue weighted by Crippen LogP contribution is -2.23. The smallest absolute Gasteiger partial charge is 0.201 e. The van der Waals surface area contributed by atoms with Gasteiger partial charge in [0, 0.05) is 6.61 Å². The first kappa shape index (κ1) is 11.6. The van der Waals surface area contributed by atoms with E-state index in [1.165, 1.54) is 12.8 Å². The topological polar surface area (TPSA) is 53.1 Å². The van der Waals surface area contributed by atoms with E-state index < -0.39 is 0 Å². The van der Waals surface area contributed by atoms with E-state index in [2.05, 4.69) is 9.55 Å². The van der Waals surface area contributed by atoms with Crippen LogP contribution in [-0.4, -0.2) is 22.3 Å². The lowest BCUT2D eigenvalue weighted by molar-refractivity contribution is 0.0762. The molecule has 4 rings (SSSR count). The largest absolute Gasteiger partial charge is 0.376 e. The molecule has 2 aliphatic rings. The average Bonchev–Trinajstić information content (AvgIpc) is 3.01. The molecule has 0 amide bonds. The van der Waals surface area contributed by atoms with Crippen LogP contribution in [-0.2, 0) is 4.74 Å². The van der Waals surface area contributed by atoms with Gasteiger partial charge in [-0.05, 0) is 37.3 Å². The van der Waals surface area contributed by atoms with E-state index in [9.17, 15) is 0 Å². The highest BCUT2D eigenvalue weighted by Gasteiger charge is 2.42. The Morgan fingerprint density at radius 1 is 1.32 bits per heavy atom. The molecule has 2 atom stereocenters. The fourth-order valence-electron chi connectivity index (χ4n) is 3.21. The van der Waals surface area contributed by atoms with Crippen LogP contribution < -0.4 is 5.73 Å². The van der Waals surface area contributed by atoms with Gasteiger partial charge in [-0.3, -0.25) is 0 Å². The van der Waals surface area contributed by atoms with E-state index in [4.69, 9.17) is 22.1 Å². The molecule has 1 aliphatic carbocycles. The summed E-state index contributed by atoms with van der Waals surface area (Å²) in [7, 11) is 0. The number of halogens is 1. The Morgan fingerprint density at radius 3 is 2.95 bits per heavy atom. The number of fused-ring (bicyclic) bond motifs is 1. The van der Waals surface area contributed by atoms with Crippen LogP contribution in [0.25, 0.3) is 11.0 Å². The molecule has 1 aromatic carbocycles. The van der Waals surface area contributed by atoms with Crippen molar-refractivity contribution in [2.75, 3.05) is 12.3 Å². The van der Waals surface area contributed by atoms with Crippen molar-refractivity contribution < 1.29 is 4.74 Å². The molecule has 2 N–H and O–H groups in total. The Labute approximate surface area is 116 Å². The van der Waals surface area contributed by atoms with Crippen molar-refractivity contribution in [1.82, 2.24) is 9.55 Å². The summed E-state index contributed by atoms with van der Waals surface area (Å²) < 4.78 is 8.00. The number of rotatable bonds is 2. The van der Waals surface area contributed by atoms with Gasteiger partial charge in [-0.15, -0.1) is 0 Å². The van der Waals surface area contributed by atoms with E-state index >= 15 is 0 Å². The Balaban J connectivity index is 1.87. The minimum absolute atomic E-state index is 0.274. The maximum absolute atomic E-state index is 6.34. The van der Waals surface area contributed by atoms with E-state index in [1.807, 2.05) is 18.2 Å². The van der Waals surface area contributed by atoms with Crippen LogP contribution in [0.3, 0.4) is 0 Å². The van der Waals surface area contributed by atoms with Crippen molar-refractivity contribution in [2.24, 2.45) is 5.92 Å². The molecule has 2 unspecified atom stereocenters. The SMILES string of the molecule is Nc1nc2cccc(Cl)c2n1C1CCOC1C1CC1. The molecule has 0 bridgehead atoms. The van der Waals surface area contributed by atoms with Crippen LogP contribution >= 0.6 is 11.6 Å². The summed E-state index contributed by atoms with van der Waals surface area (Å²) >= 11 is 6.34. The van der Waals surface area contributed by atoms with E-state index in [-0.39, 0.29) is 12.1 Å². The van der Waals surface area contributed by atoms with Crippen molar-refractivity contribution in [2.45, 2.75) is 31.4 Å². The lowest BCUT2D eigenvalue weighted by atomic mass is 10.1. The van der Waals surface area contributed by atoms with Crippen LogP contribution in [0, 0.1) is 5.92 Å². The number of nitrogens with two attached hydrogens (primary N) is 1. The third-order valence-corrected chi connectivity index (χ3v) is 4.51. The van der Waals surface area contributed by atoms with Crippen molar-refractivity contribution in [3.63, 3.8) is 0 Å². The Hall–Kier alpha value is -1.26. The number of nitrogens with zero attached hydrogens (tertiary/aromatic N) is 2. The third-order valence-electron chi connectivity index (χ3n) is 4.21. The highest BCUT2D eigenvalue weighted by Crippen LogP contribution is 2.45. The van der Waals surface area contributed by atoms with Gasteiger partial charge in [0.15, 0.2) is 0 Å². The number of hydrogen-bond donors (Lipinski definition) is 1. The standard InChI is InChI=1S/C14H16ClN3O/c15-9-2-1-3-10-12(9)18(14(16)17-10)11-6-7-19-13(11)8-4-5-8/h1-3,8,11,13H,4-7H2,(H2,16,17). The Kier molecular flexibility index (Phi) is 2.50. The van der Waals surface area contributed by atoms with Crippen molar-refractivity contribution in [3.05, 3.63) is 23.2 Å². The second-order valence-electron chi connectivity index (χ2n) is 5.48. The maximum Gasteiger partial charge on any atom is 0.201 e. The molecular formula is C14H16ClN3O. The van der Waals surface area contributed by atoms with Gasteiger partial charge >= 0.3 is 0 Å². The second kappa shape index (κ2) is 4.12. The van der Waals surface area contributed by atoms with Gasteiger partial charge in [-0.1, -0.05) is 17.7 Å². The van der Waals surface area contributed by atoms with Gasteiger partial charge in [0.25, 0.3) is 0 Å². The summed E-state index contributed by atoms with van der Waals surface area (Å²) in [6.45, 7) is 0.801. The number of para-hydroxylation sites is 1. The monoisotopic (exact) mass is 277 g/mol. The fraction of sp³-hybridized carbons (Fsp3) is 0.500.